The molecule has 0 amide bonds. The number of aromatic nitrogens is 2. The van der Waals surface area contributed by atoms with E-state index in [1.807, 2.05) is 0 Å². The van der Waals surface area contributed by atoms with Gasteiger partial charge in [-0.2, -0.15) is 0 Å². The quantitative estimate of drug-likeness (QED) is 0.878. The van der Waals surface area contributed by atoms with Crippen LogP contribution in [0.15, 0.2) is 35.1 Å². The molecular formula is C11H7BrFN3OS. The van der Waals surface area contributed by atoms with E-state index >= 15 is 0 Å². The van der Waals surface area contributed by atoms with Gasteiger partial charge in [0.2, 0.25) is 5.88 Å². The summed E-state index contributed by atoms with van der Waals surface area (Å²) in [5, 5.41) is 0. The van der Waals surface area contributed by atoms with E-state index < -0.39 is 5.82 Å². The van der Waals surface area contributed by atoms with E-state index in [0.717, 1.165) is 0 Å². The second-order valence-electron chi connectivity index (χ2n) is 3.25. The van der Waals surface area contributed by atoms with Gasteiger partial charge in [-0.25, -0.2) is 14.4 Å². The average molecular weight is 328 g/mol. The van der Waals surface area contributed by atoms with E-state index in [0.29, 0.717) is 4.47 Å². The molecule has 0 spiro atoms. The van der Waals surface area contributed by atoms with Crippen molar-refractivity contribution in [1.29, 1.82) is 0 Å². The van der Waals surface area contributed by atoms with Gasteiger partial charge in [0, 0.05) is 16.9 Å². The Labute approximate surface area is 116 Å². The van der Waals surface area contributed by atoms with Crippen molar-refractivity contribution in [2.45, 2.75) is 0 Å². The maximum absolute atomic E-state index is 13.5. The minimum absolute atomic E-state index is 0.0161. The highest BCUT2D eigenvalue weighted by molar-refractivity contribution is 9.10. The number of halogens is 2. The monoisotopic (exact) mass is 327 g/mol. The first kappa shape index (κ1) is 12.8. The summed E-state index contributed by atoms with van der Waals surface area (Å²) in [6.45, 7) is 0. The maximum atomic E-state index is 13.5. The van der Waals surface area contributed by atoms with Crippen molar-refractivity contribution in [1.82, 2.24) is 9.97 Å². The Morgan fingerprint density at radius 2 is 2.06 bits per heavy atom. The molecule has 0 aliphatic rings. The van der Waals surface area contributed by atoms with E-state index in [-0.39, 0.29) is 22.3 Å². The highest BCUT2D eigenvalue weighted by Crippen LogP contribution is 2.27. The summed E-state index contributed by atoms with van der Waals surface area (Å²) in [5.74, 6) is -0.429. The number of hydrogen-bond donors (Lipinski definition) is 1. The molecule has 0 unspecified atom stereocenters. The van der Waals surface area contributed by atoms with Crippen molar-refractivity contribution in [3.05, 3.63) is 46.6 Å². The zero-order chi connectivity index (χ0) is 13.1. The SMILES string of the molecule is NC(=S)c1nccnc1Oc1cc(Br)ccc1F. The molecule has 0 saturated carbocycles. The largest absolute Gasteiger partial charge is 0.434 e. The molecule has 7 heteroatoms. The molecule has 0 aliphatic carbocycles. The van der Waals surface area contributed by atoms with Crippen LogP contribution in [-0.2, 0) is 0 Å². The fraction of sp³-hybridized carbons (Fsp3) is 0. The fourth-order valence-electron chi connectivity index (χ4n) is 1.23. The van der Waals surface area contributed by atoms with Gasteiger partial charge in [-0.3, -0.25) is 0 Å². The molecule has 1 heterocycles. The molecule has 18 heavy (non-hydrogen) atoms. The number of hydrogen-bond acceptors (Lipinski definition) is 4. The van der Waals surface area contributed by atoms with E-state index in [2.05, 4.69) is 25.9 Å². The summed E-state index contributed by atoms with van der Waals surface area (Å²) in [7, 11) is 0. The van der Waals surface area contributed by atoms with Crippen molar-refractivity contribution >= 4 is 33.1 Å². The molecule has 1 aromatic heterocycles. The fourth-order valence-corrected chi connectivity index (χ4v) is 1.71. The number of thiocarbonyl (C=S) groups is 1. The summed E-state index contributed by atoms with van der Waals surface area (Å²) in [5.41, 5.74) is 5.70. The van der Waals surface area contributed by atoms with E-state index in [1.54, 1.807) is 6.07 Å². The topological polar surface area (TPSA) is 61.0 Å². The molecule has 2 N–H and O–H groups in total. The molecule has 0 aliphatic heterocycles. The Morgan fingerprint density at radius 3 is 2.78 bits per heavy atom. The minimum atomic E-state index is -0.516. The Hall–Kier alpha value is -1.60. The van der Waals surface area contributed by atoms with Crippen LogP contribution >= 0.6 is 28.1 Å². The van der Waals surface area contributed by atoms with Crippen molar-refractivity contribution in [3.8, 4) is 11.6 Å². The lowest BCUT2D eigenvalue weighted by molar-refractivity contribution is 0.424. The van der Waals surface area contributed by atoms with Gasteiger partial charge in [0.15, 0.2) is 17.3 Å². The third kappa shape index (κ3) is 2.80. The number of benzene rings is 1. The maximum Gasteiger partial charge on any atom is 0.248 e. The van der Waals surface area contributed by atoms with Crippen LogP contribution in [0.2, 0.25) is 0 Å². The van der Waals surface area contributed by atoms with Crippen molar-refractivity contribution < 1.29 is 9.13 Å². The molecule has 0 saturated heterocycles. The highest BCUT2D eigenvalue weighted by atomic mass is 79.9. The van der Waals surface area contributed by atoms with Crippen LogP contribution in [0.5, 0.6) is 11.6 Å². The zero-order valence-electron chi connectivity index (χ0n) is 8.93. The van der Waals surface area contributed by atoms with Crippen molar-refractivity contribution in [3.63, 3.8) is 0 Å². The van der Waals surface area contributed by atoms with Crippen LogP contribution < -0.4 is 10.5 Å². The van der Waals surface area contributed by atoms with Gasteiger partial charge in [0.25, 0.3) is 0 Å². The van der Waals surface area contributed by atoms with Crippen LogP contribution in [-0.4, -0.2) is 15.0 Å². The molecule has 0 radical (unpaired) electrons. The van der Waals surface area contributed by atoms with Gasteiger partial charge in [0.05, 0.1) is 0 Å². The predicted molar refractivity (Wildman–Crippen MR) is 72.1 cm³/mol. The first-order valence-electron chi connectivity index (χ1n) is 4.81. The molecule has 1 aromatic carbocycles. The van der Waals surface area contributed by atoms with Gasteiger partial charge in [-0.05, 0) is 18.2 Å². The average Bonchev–Trinajstić information content (AvgIpc) is 2.34. The molecular weight excluding hydrogens is 321 g/mol. The van der Waals surface area contributed by atoms with E-state index in [1.165, 1.54) is 24.5 Å². The molecule has 2 rings (SSSR count). The minimum Gasteiger partial charge on any atom is -0.434 e. The van der Waals surface area contributed by atoms with Crippen LogP contribution in [0.3, 0.4) is 0 Å². The zero-order valence-corrected chi connectivity index (χ0v) is 11.3. The second kappa shape index (κ2) is 5.36. The van der Waals surface area contributed by atoms with E-state index in [9.17, 15) is 4.39 Å². The van der Waals surface area contributed by atoms with Crippen molar-refractivity contribution in [2.24, 2.45) is 5.73 Å². The third-order valence-corrected chi connectivity index (χ3v) is 2.68. The lowest BCUT2D eigenvalue weighted by Gasteiger charge is -2.08. The smallest absolute Gasteiger partial charge is 0.248 e. The number of rotatable bonds is 3. The lowest BCUT2D eigenvalue weighted by Crippen LogP contribution is -2.13. The first-order valence-corrected chi connectivity index (χ1v) is 6.02. The molecule has 4 nitrogen and oxygen atoms in total. The standard InChI is InChI=1S/C11H7BrFN3OS/c12-6-1-2-7(13)8(5-6)17-11-9(10(14)18)15-3-4-16-11/h1-5H,(H2,14,18). The molecule has 0 bridgehead atoms. The first-order chi connectivity index (χ1) is 8.58. The van der Waals surface area contributed by atoms with Crippen LogP contribution in [0.1, 0.15) is 5.69 Å². The summed E-state index contributed by atoms with van der Waals surface area (Å²) >= 11 is 8.04. The molecule has 2 aromatic rings. The Balaban J connectivity index is 2.40. The molecule has 92 valence electrons. The number of ether oxygens (including phenoxy) is 1. The highest BCUT2D eigenvalue weighted by Gasteiger charge is 2.12. The van der Waals surface area contributed by atoms with Crippen molar-refractivity contribution in [2.75, 3.05) is 0 Å². The van der Waals surface area contributed by atoms with Crippen LogP contribution in [0.25, 0.3) is 0 Å². The Bertz CT molecular complexity index is 609. The van der Waals surface area contributed by atoms with Gasteiger partial charge in [0.1, 0.15) is 4.99 Å². The van der Waals surface area contributed by atoms with Gasteiger partial charge < -0.3 is 10.5 Å². The molecule has 0 fully saturated rings. The second-order valence-corrected chi connectivity index (χ2v) is 4.61. The van der Waals surface area contributed by atoms with Crippen LogP contribution in [0, 0.1) is 5.82 Å². The number of nitrogens with zero attached hydrogens (tertiary/aromatic N) is 2. The lowest BCUT2D eigenvalue weighted by atomic mass is 10.3. The summed E-state index contributed by atoms with van der Waals surface area (Å²) in [6.07, 6.45) is 2.84. The van der Waals surface area contributed by atoms with Crippen LogP contribution in [0.4, 0.5) is 4.39 Å². The van der Waals surface area contributed by atoms with Gasteiger partial charge >= 0.3 is 0 Å². The predicted octanol–water partition coefficient (Wildman–Crippen LogP) is 2.80. The summed E-state index contributed by atoms with van der Waals surface area (Å²) in [6, 6.07) is 4.32. The Morgan fingerprint density at radius 1 is 1.33 bits per heavy atom. The summed E-state index contributed by atoms with van der Waals surface area (Å²) in [4.78, 5) is 7.91. The summed E-state index contributed by atoms with van der Waals surface area (Å²) < 4.78 is 19.5. The van der Waals surface area contributed by atoms with E-state index in [4.69, 9.17) is 22.7 Å². The Kier molecular flexibility index (Phi) is 3.83. The number of nitrogens with two attached hydrogens (primary N) is 1. The normalized spacial score (nSPS) is 10.1. The van der Waals surface area contributed by atoms with Gasteiger partial charge in [-0.15, -0.1) is 0 Å². The van der Waals surface area contributed by atoms with Gasteiger partial charge in [-0.1, -0.05) is 28.1 Å². The third-order valence-electron chi connectivity index (χ3n) is 2.00. The molecule has 0 atom stereocenters.